The SMILES string of the molecule is CCOC(=O)c1cc(-c2ccc(N3CCN(C(C)(C)C)CC3)cc2)c2c(n1)N(c1ccccc1)NC2C. The quantitative estimate of drug-likeness (QED) is 0.461. The number of nitrogens with zero attached hydrogens (tertiary/aromatic N) is 4. The first-order valence-electron chi connectivity index (χ1n) is 13.2. The van der Waals surface area contributed by atoms with Crippen LogP contribution in [-0.2, 0) is 4.74 Å². The maximum absolute atomic E-state index is 12.8. The van der Waals surface area contributed by atoms with E-state index in [4.69, 9.17) is 9.72 Å². The van der Waals surface area contributed by atoms with Crippen LogP contribution in [-0.4, -0.2) is 54.2 Å². The van der Waals surface area contributed by atoms with E-state index < -0.39 is 5.97 Å². The first kappa shape index (κ1) is 25.2. The number of para-hydroxylation sites is 1. The number of fused-ring (bicyclic) bond motifs is 1. The minimum Gasteiger partial charge on any atom is -0.461 e. The van der Waals surface area contributed by atoms with Gasteiger partial charge in [0, 0.05) is 43.0 Å². The Morgan fingerprint density at radius 1 is 1.00 bits per heavy atom. The van der Waals surface area contributed by atoms with Gasteiger partial charge in [-0.2, -0.15) is 0 Å². The molecule has 5 rings (SSSR count). The van der Waals surface area contributed by atoms with Crippen molar-refractivity contribution in [3.63, 3.8) is 0 Å². The normalized spacial score (nSPS) is 18.1. The molecule has 1 unspecified atom stereocenters. The zero-order valence-corrected chi connectivity index (χ0v) is 22.5. The van der Waals surface area contributed by atoms with Gasteiger partial charge in [0.05, 0.1) is 18.3 Å². The number of ether oxygens (including phenoxy) is 1. The molecule has 1 aromatic heterocycles. The van der Waals surface area contributed by atoms with Crippen LogP contribution in [0.5, 0.6) is 0 Å². The lowest BCUT2D eigenvalue weighted by Crippen LogP contribution is -2.53. The summed E-state index contributed by atoms with van der Waals surface area (Å²) in [5.41, 5.74) is 9.37. The van der Waals surface area contributed by atoms with Crippen molar-refractivity contribution in [3.8, 4) is 11.1 Å². The summed E-state index contributed by atoms with van der Waals surface area (Å²) in [4.78, 5) is 22.5. The highest BCUT2D eigenvalue weighted by atomic mass is 16.5. The van der Waals surface area contributed by atoms with Crippen molar-refractivity contribution in [1.82, 2.24) is 15.3 Å². The van der Waals surface area contributed by atoms with Crippen LogP contribution in [0.2, 0.25) is 0 Å². The number of carbonyl (C=O) groups excluding carboxylic acids is 1. The van der Waals surface area contributed by atoms with E-state index in [1.54, 1.807) is 0 Å². The molecule has 0 amide bonds. The molecule has 0 spiro atoms. The van der Waals surface area contributed by atoms with E-state index in [2.05, 4.69) is 67.2 Å². The smallest absolute Gasteiger partial charge is 0.357 e. The molecule has 1 atom stereocenters. The average Bonchev–Trinajstić information content (AvgIpc) is 3.25. The fourth-order valence-electron chi connectivity index (χ4n) is 5.27. The summed E-state index contributed by atoms with van der Waals surface area (Å²) in [6.07, 6.45) is 0. The van der Waals surface area contributed by atoms with Gasteiger partial charge in [-0.1, -0.05) is 30.3 Å². The molecule has 2 aromatic carbocycles. The number of pyridine rings is 1. The van der Waals surface area contributed by atoms with Gasteiger partial charge in [0.15, 0.2) is 11.5 Å². The zero-order valence-electron chi connectivity index (χ0n) is 22.5. The van der Waals surface area contributed by atoms with E-state index >= 15 is 0 Å². The second kappa shape index (κ2) is 10.1. The minimum atomic E-state index is -0.410. The van der Waals surface area contributed by atoms with E-state index in [9.17, 15) is 4.79 Å². The third kappa shape index (κ3) is 5.06. The van der Waals surface area contributed by atoms with Gasteiger partial charge < -0.3 is 9.64 Å². The van der Waals surface area contributed by atoms with Gasteiger partial charge in [-0.3, -0.25) is 9.91 Å². The predicted molar refractivity (Wildman–Crippen MR) is 149 cm³/mol. The summed E-state index contributed by atoms with van der Waals surface area (Å²) in [6, 6.07) is 20.7. The van der Waals surface area contributed by atoms with Gasteiger partial charge in [-0.25, -0.2) is 15.2 Å². The van der Waals surface area contributed by atoms with E-state index in [1.807, 2.05) is 48.3 Å². The largest absolute Gasteiger partial charge is 0.461 e. The molecule has 37 heavy (non-hydrogen) atoms. The van der Waals surface area contributed by atoms with E-state index in [0.717, 1.165) is 54.4 Å². The van der Waals surface area contributed by atoms with Crippen LogP contribution in [0.1, 0.15) is 56.7 Å². The Bertz CT molecular complexity index is 1250. The molecule has 7 heteroatoms. The number of nitrogens with one attached hydrogen (secondary N) is 1. The third-order valence-electron chi connectivity index (χ3n) is 7.28. The summed E-state index contributed by atoms with van der Waals surface area (Å²) in [5, 5.41) is 1.97. The molecule has 194 valence electrons. The number of hydrogen-bond donors (Lipinski definition) is 1. The molecular formula is C30H37N5O2. The highest BCUT2D eigenvalue weighted by molar-refractivity contribution is 5.92. The molecule has 3 heterocycles. The second-order valence-electron chi connectivity index (χ2n) is 10.7. The Kier molecular flexibility index (Phi) is 6.92. The molecule has 0 bridgehead atoms. The Balaban J connectivity index is 1.49. The number of hydrogen-bond acceptors (Lipinski definition) is 7. The van der Waals surface area contributed by atoms with Gasteiger partial charge in [0.25, 0.3) is 0 Å². The van der Waals surface area contributed by atoms with Gasteiger partial charge in [0.1, 0.15) is 0 Å². The number of rotatable bonds is 5. The fourth-order valence-corrected chi connectivity index (χ4v) is 5.27. The van der Waals surface area contributed by atoms with Gasteiger partial charge >= 0.3 is 5.97 Å². The van der Waals surface area contributed by atoms with Crippen LogP contribution in [0, 0.1) is 0 Å². The molecular weight excluding hydrogens is 462 g/mol. The molecule has 0 aliphatic carbocycles. The molecule has 3 aromatic rings. The maximum Gasteiger partial charge on any atom is 0.357 e. The number of carbonyl (C=O) groups is 1. The van der Waals surface area contributed by atoms with Crippen LogP contribution in [0.15, 0.2) is 60.7 Å². The van der Waals surface area contributed by atoms with Crippen molar-refractivity contribution in [1.29, 1.82) is 0 Å². The molecule has 1 fully saturated rings. The van der Waals surface area contributed by atoms with Crippen LogP contribution in [0.3, 0.4) is 0 Å². The van der Waals surface area contributed by atoms with Crippen molar-refractivity contribution in [2.45, 2.75) is 46.2 Å². The van der Waals surface area contributed by atoms with E-state index in [0.29, 0.717) is 12.3 Å². The number of anilines is 3. The Labute approximate surface area is 220 Å². The number of benzene rings is 2. The van der Waals surface area contributed by atoms with Gasteiger partial charge in [0.2, 0.25) is 0 Å². The van der Waals surface area contributed by atoms with E-state index in [1.165, 1.54) is 5.69 Å². The van der Waals surface area contributed by atoms with E-state index in [-0.39, 0.29) is 11.6 Å². The monoisotopic (exact) mass is 499 g/mol. The second-order valence-corrected chi connectivity index (χ2v) is 10.7. The zero-order chi connectivity index (χ0) is 26.2. The van der Waals surface area contributed by atoms with Gasteiger partial charge in [-0.05, 0) is 76.1 Å². The van der Waals surface area contributed by atoms with Crippen molar-refractivity contribution < 1.29 is 9.53 Å². The lowest BCUT2D eigenvalue weighted by atomic mass is 9.96. The topological polar surface area (TPSA) is 60.9 Å². The number of aromatic nitrogens is 1. The number of esters is 1. The summed E-state index contributed by atoms with van der Waals surface area (Å²) in [7, 11) is 0. The molecule has 0 radical (unpaired) electrons. The average molecular weight is 500 g/mol. The summed E-state index contributed by atoms with van der Waals surface area (Å²) >= 11 is 0. The minimum absolute atomic E-state index is 0.0269. The van der Waals surface area contributed by atoms with Gasteiger partial charge in [-0.15, -0.1) is 0 Å². The third-order valence-corrected chi connectivity index (χ3v) is 7.28. The van der Waals surface area contributed by atoms with Crippen LogP contribution in [0.25, 0.3) is 11.1 Å². The van der Waals surface area contributed by atoms with Crippen LogP contribution >= 0.6 is 0 Å². The van der Waals surface area contributed by atoms with Crippen molar-refractivity contribution >= 4 is 23.2 Å². The number of hydrazine groups is 1. The fraction of sp³-hybridized carbons (Fsp3) is 0.400. The first-order chi connectivity index (χ1) is 17.8. The molecule has 1 saturated heterocycles. The molecule has 2 aliphatic rings. The highest BCUT2D eigenvalue weighted by Crippen LogP contribution is 2.42. The molecule has 2 aliphatic heterocycles. The van der Waals surface area contributed by atoms with Crippen LogP contribution in [0.4, 0.5) is 17.2 Å². The summed E-state index contributed by atoms with van der Waals surface area (Å²) in [6.45, 7) is 15.2. The maximum atomic E-state index is 12.8. The lowest BCUT2D eigenvalue weighted by molar-refractivity contribution is 0.0519. The lowest BCUT2D eigenvalue weighted by Gasteiger charge is -2.43. The Morgan fingerprint density at radius 2 is 1.68 bits per heavy atom. The summed E-state index contributed by atoms with van der Waals surface area (Å²) in [5.74, 6) is 0.328. The molecule has 1 N–H and O–H groups in total. The molecule has 7 nitrogen and oxygen atoms in total. The summed E-state index contributed by atoms with van der Waals surface area (Å²) < 4.78 is 5.33. The van der Waals surface area contributed by atoms with Crippen molar-refractivity contribution in [2.75, 3.05) is 42.7 Å². The van der Waals surface area contributed by atoms with Crippen LogP contribution < -0.4 is 15.3 Å². The standard InChI is InChI=1S/C30H37N5O2/c1-6-37-29(36)26-20-25(27-21(2)32-35(28(27)31-26)24-10-8-7-9-11-24)22-12-14-23(15-13-22)33-16-18-34(19-17-33)30(3,4)5/h7-15,20-21,32H,6,16-19H2,1-5H3. The highest BCUT2D eigenvalue weighted by Gasteiger charge is 2.33. The van der Waals surface area contributed by atoms with Crippen molar-refractivity contribution in [3.05, 3.63) is 71.9 Å². The predicted octanol–water partition coefficient (Wildman–Crippen LogP) is 5.56. The Morgan fingerprint density at radius 3 is 2.30 bits per heavy atom. The first-order valence-corrected chi connectivity index (χ1v) is 13.2. The Hall–Kier alpha value is -3.42. The molecule has 0 saturated carbocycles. The van der Waals surface area contributed by atoms with Crippen molar-refractivity contribution in [2.24, 2.45) is 0 Å². The number of piperazine rings is 1.